The number of nitrogens with one attached hydrogen (secondary N) is 1. The first kappa shape index (κ1) is 15.5. The molecule has 1 aliphatic rings. The highest BCUT2D eigenvalue weighted by atomic mass is 32.2. The Bertz CT molecular complexity index is 721. The minimum absolute atomic E-state index is 0.0614. The lowest BCUT2D eigenvalue weighted by molar-refractivity contribution is -0.118. The van der Waals surface area contributed by atoms with Crippen LogP contribution >= 0.6 is 0 Å². The highest BCUT2D eigenvalue weighted by molar-refractivity contribution is 7.90. The van der Waals surface area contributed by atoms with Crippen LogP contribution in [0.15, 0.2) is 23.1 Å². The van der Waals surface area contributed by atoms with Crippen LogP contribution in [-0.2, 0) is 14.6 Å². The van der Waals surface area contributed by atoms with Crippen molar-refractivity contribution < 1.29 is 23.1 Å². The van der Waals surface area contributed by atoms with Gasteiger partial charge in [-0.3, -0.25) is 4.79 Å². The zero-order valence-electron chi connectivity index (χ0n) is 12.0. The molecular formula is C14H17NO5S. The van der Waals surface area contributed by atoms with E-state index in [1.54, 1.807) is 0 Å². The molecule has 1 fully saturated rings. The van der Waals surface area contributed by atoms with Crippen LogP contribution in [0, 0.1) is 11.3 Å². The van der Waals surface area contributed by atoms with Crippen molar-refractivity contribution in [3.63, 3.8) is 0 Å². The topological polar surface area (TPSA) is 101 Å². The van der Waals surface area contributed by atoms with Crippen LogP contribution in [0.4, 0.5) is 5.69 Å². The van der Waals surface area contributed by atoms with Gasteiger partial charge in [0.25, 0.3) is 0 Å². The Morgan fingerprint density at radius 3 is 2.29 bits per heavy atom. The molecule has 0 heterocycles. The Kier molecular flexibility index (Phi) is 3.57. The van der Waals surface area contributed by atoms with Gasteiger partial charge in [-0.25, -0.2) is 13.2 Å². The van der Waals surface area contributed by atoms with Crippen LogP contribution in [0.1, 0.15) is 30.6 Å². The quantitative estimate of drug-likeness (QED) is 0.882. The Morgan fingerprint density at radius 1 is 1.29 bits per heavy atom. The van der Waals surface area contributed by atoms with E-state index in [-0.39, 0.29) is 33.4 Å². The van der Waals surface area contributed by atoms with Crippen molar-refractivity contribution in [1.82, 2.24) is 0 Å². The number of hydrogen-bond donors (Lipinski definition) is 2. The third-order valence-corrected chi connectivity index (χ3v) is 4.77. The van der Waals surface area contributed by atoms with Crippen LogP contribution in [0.25, 0.3) is 0 Å². The number of carboxylic acid groups (broad SMARTS) is 1. The molecule has 21 heavy (non-hydrogen) atoms. The Labute approximate surface area is 123 Å². The fraction of sp³-hybridized carbons (Fsp3) is 0.429. The van der Waals surface area contributed by atoms with E-state index < -0.39 is 15.8 Å². The number of aromatic carboxylic acids is 1. The van der Waals surface area contributed by atoms with E-state index in [0.717, 1.165) is 18.7 Å². The van der Waals surface area contributed by atoms with Gasteiger partial charge in [0.1, 0.15) is 0 Å². The molecule has 114 valence electrons. The molecule has 0 radical (unpaired) electrons. The second-order valence-corrected chi connectivity index (χ2v) is 8.07. The Hall–Kier alpha value is -1.89. The number of hydrogen-bond acceptors (Lipinski definition) is 4. The summed E-state index contributed by atoms with van der Waals surface area (Å²) in [6, 6.07) is 3.60. The van der Waals surface area contributed by atoms with Gasteiger partial charge in [-0.05, 0) is 30.0 Å². The van der Waals surface area contributed by atoms with Crippen molar-refractivity contribution in [3.8, 4) is 0 Å². The van der Waals surface area contributed by atoms with E-state index in [4.69, 9.17) is 5.11 Å². The first-order valence-electron chi connectivity index (χ1n) is 6.40. The molecule has 0 aliphatic heterocycles. The number of anilines is 1. The van der Waals surface area contributed by atoms with Crippen molar-refractivity contribution in [2.75, 3.05) is 11.6 Å². The summed E-state index contributed by atoms with van der Waals surface area (Å²) in [5.41, 5.74) is -0.0555. The Balaban J connectivity index is 2.33. The fourth-order valence-electron chi connectivity index (χ4n) is 2.15. The maximum absolute atomic E-state index is 12.0. The third kappa shape index (κ3) is 3.41. The SMILES string of the molecule is CC1(C)C[C@@H]1C(=O)Nc1cc(C(=O)O)cc(S(C)(=O)=O)c1. The lowest BCUT2D eigenvalue weighted by atomic mass is 10.1. The Morgan fingerprint density at radius 2 is 1.86 bits per heavy atom. The second kappa shape index (κ2) is 4.84. The molecule has 7 heteroatoms. The summed E-state index contributed by atoms with van der Waals surface area (Å²) in [6.45, 7) is 3.93. The number of carboxylic acids is 1. The van der Waals surface area contributed by atoms with E-state index in [1.165, 1.54) is 12.1 Å². The van der Waals surface area contributed by atoms with E-state index >= 15 is 0 Å². The van der Waals surface area contributed by atoms with Crippen LogP contribution in [0.3, 0.4) is 0 Å². The van der Waals surface area contributed by atoms with Gasteiger partial charge in [0.15, 0.2) is 9.84 Å². The molecule has 2 N–H and O–H groups in total. The number of benzene rings is 1. The lowest BCUT2D eigenvalue weighted by Crippen LogP contribution is -2.17. The fourth-order valence-corrected chi connectivity index (χ4v) is 2.83. The summed E-state index contributed by atoms with van der Waals surface area (Å²) in [5.74, 6) is -1.60. The highest BCUT2D eigenvalue weighted by Gasteiger charge is 2.50. The highest BCUT2D eigenvalue weighted by Crippen LogP contribution is 2.52. The number of carbonyl (C=O) groups excluding carboxylic acids is 1. The molecule has 0 aromatic heterocycles. The van der Waals surface area contributed by atoms with Crippen LogP contribution < -0.4 is 5.32 Å². The standard InChI is InChI=1S/C14H17NO5S/c1-14(2)7-11(14)12(16)15-9-4-8(13(17)18)5-10(6-9)21(3,19)20/h4-6,11H,7H2,1-3H3,(H,15,16)(H,17,18)/t11-/m1/s1. The summed E-state index contributed by atoms with van der Waals surface area (Å²) in [5, 5.41) is 11.6. The maximum Gasteiger partial charge on any atom is 0.335 e. The molecule has 1 saturated carbocycles. The largest absolute Gasteiger partial charge is 0.478 e. The lowest BCUT2D eigenvalue weighted by Gasteiger charge is -2.09. The van der Waals surface area contributed by atoms with Crippen molar-refractivity contribution in [1.29, 1.82) is 0 Å². The molecule has 0 bridgehead atoms. The summed E-state index contributed by atoms with van der Waals surface area (Å²) < 4.78 is 23.2. The first-order valence-corrected chi connectivity index (χ1v) is 8.29. The summed E-state index contributed by atoms with van der Waals surface area (Å²) in [6.07, 6.45) is 1.75. The molecule has 0 saturated heterocycles. The van der Waals surface area contributed by atoms with Crippen molar-refractivity contribution >= 4 is 27.4 Å². The van der Waals surface area contributed by atoms with Gasteiger partial charge in [-0.1, -0.05) is 13.8 Å². The normalized spacial score (nSPS) is 19.9. The van der Waals surface area contributed by atoms with Gasteiger partial charge in [-0.15, -0.1) is 0 Å². The van der Waals surface area contributed by atoms with Gasteiger partial charge in [0, 0.05) is 17.9 Å². The number of sulfone groups is 1. The van der Waals surface area contributed by atoms with E-state index in [0.29, 0.717) is 0 Å². The number of amides is 1. The molecule has 1 aromatic rings. The number of rotatable bonds is 4. The summed E-state index contributed by atoms with van der Waals surface area (Å²) in [7, 11) is -3.56. The predicted molar refractivity (Wildman–Crippen MR) is 77.0 cm³/mol. The molecule has 2 rings (SSSR count). The second-order valence-electron chi connectivity index (χ2n) is 6.06. The maximum atomic E-state index is 12.0. The monoisotopic (exact) mass is 311 g/mol. The van der Waals surface area contributed by atoms with Gasteiger partial charge in [0.2, 0.25) is 5.91 Å². The molecular weight excluding hydrogens is 294 g/mol. The zero-order valence-corrected chi connectivity index (χ0v) is 12.8. The number of carbonyl (C=O) groups is 2. The van der Waals surface area contributed by atoms with Crippen LogP contribution in [0.2, 0.25) is 0 Å². The van der Waals surface area contributed by atoms with Gasteiger partial charge >= 0.3 is 5.97 Å². The minimum Gasteiger partial charge on any atom is -0.478 e. The van der Waals surface area contributed by atoms with Crippen molar-refractivity contribution in [3.05, 3.63) is 23.8 Å². The molecule has 1 atom stereocenters. The molecule has 1 aromatic carbocycles. The molecule has 0 spiro atoms. The van der Waals surface area contributed by atoms with Gasteiger partial charge in [0.05, 0.1) is 10.5 Å². The summed E-state index contributed by atoms with van der Waals surface area (Å²) >= 11 is 0. The first-order chi connectivity index (χ1) is 9.50. The van der Waals surface area contributed by atoms with E-state index in [2.05, 4.69) is 5.32 Å². The minimum atomic E-state index is -3.56. The molecule has 1 aliphatic carbocycles. The summed E-state index contributed by atoms with van der Waals surface area (Å²) in [4.78, 5) is 23.0. The molecule has 6 nitrogen and oxygen atoms in total. The molecule has 1 amide bonds. The van der Waals surface area contributed by atoms with Crippen LogP contribution in [0.5, 0.6) is 0 Å². The average molecular weight is 311 g/mol. The van der Waals surface area contributed by atoms with Crippen molar-refractivity contribution in [2.45, 2.75) is 25.2 Å². The van der Waals surface area contributed by atoms with E-state index in [9.17, 15) is 18.0 Å². The zero-order chi connectivity index (χ0) is 16.0. The predicted octanol–water partition coefficient (Wildman–Crippen LogP) is 1.77. The van der Waals surface area contributed by atoms with Crippen molar-refractivity contribution in [2.24, 2.45) is 11.3 Å². The van der Waals surface area contributed by atoms with Gasteiger partial charge in [-0.2, -0.15) is 0 Å². The third-order valence-electron chi connectivity index (χ3n) is 3.68. The average Bonchev–Trinajstić information content (AvgIpc) is 2.97. The van der Waals surface area contributed by atoms with Gasteiger partial charge < -0.3 is 10.4 Å². The smallest absolute Gasteiger partial charge is 0.335 e. The molecule has 0 unspecified atom stereocenters. The van der Waals surface area contributed by atoms with Crippen LogP contribution in [-0.4, -0.2) is 31.7 Å². The van der Waals surface area contributed by atoms with E-state index in [1.807, 2.05) is 13.8 Å².